The molecule has 1 amide bonds. The number of aromatic nitrogens is 1. The van der Waals surface area contributed by atoms with E-state index in [-0.39, 0.29) is 16.6 Å². The Morgan fingerprint density at radius 2 is 1.72 bits per heavy atom. The molecule has 0 radical (unpaired) electrons. The number of benzene rings is 2. The van der Waals surface area contributed by atoms with E-state index in [2.05, 4.69) is 10.3 Å². The lowest BCUT2D eigenvalue weighted by atomic mass is 10.1. The topological polar surface area (TPSA) is 76.1 Å². The van der Waals surface area contributed by atoms with Crippen molar-refractivity contribution in [1.29, 1.82) is 0 Å². The summed E-state index contributed by atoms with van der Waals surface area (Å²) >= 11 is 1.43. The lowest BCUT2D eigenvalue weighted by Crippen LogP contribution is -2.12. The van der Waals surface area contributed by atoms with Gasteiger partial charge >= 0.3 is 0 Å². The second kappa shape index (κ2) is 6.57. The zero-order valence-electron chi connectivity index (χ0n) is 14.2. The van der Waals surface area contributed by atoms with Crippen LogP contribution in [0.3, 0.4) is 0 Å². The average molecular weight is 374 g/mol. The van der Waals surface area contributed by atoms with Crippen LogP contribution in [-0.4, -0.2) is 25.1 Å². The van der Waals surface area contributed by atoms with Gasteiger partial charge in [0.2, 0.25) is 0 Å². The summed E-state index contributed by atoms with van der Waals surface area (Å²) in [5, 5.41) is 3.32. The number of thiazole rings is 1. The van der Waals surface area contributed by atoms with Crippen molar-refractivity contribution in [3.8, 4) is 0 Å². The molecule has 0 fully saturated rings. The number of nitrogens with one attached hydrogen (secondary N) is 1. The molecule has 2 aromatic carbocycles. The molecule has 0 aliphatic carbocycles. The molecule has 0 unspecified atom stereocenters. The highest BCUT2D eigenvalue weighted by atomic mass is 32.2. The fraction of sp³-hybridized carbons (Fsp3) is 0.222. The van der Waals surface area contributed by atoms with Gasteiger partial charge in [-0.2, -0.15) is 0 Å². The van der Waals surface area contributed by atoms with Crippen molar-refractivity contribution < 1.29 is 13.2 Å². The summed E-state index contributed by atoms with van der Waals surface area (Å²) in [5.74, 6) is -0.280. The van der Waals surface area contributed by atoms with Gasteiger partial charge in [-0.15, -0.1) is 0 Å². The largest absolute Gasteiger partial charge is 0.298 e. The van der Waals surface area contributed by atoms with E-state index in [1.165, 1.54) is 35.6 Å². The van der Waals surface area contributed by atoms with Crippen molar-refractivity contribution in [2.24, 2.45) is 0 Å². The van der Waals surface area contributed by atoms with Crippen molar-refractivity contribution in [2.75, 3.05) is 11.1 Å². The summed E-state index contributed by atoms with van der Waals surface area (Å²) in [6.07, 6.45) is 0. The lowest BCUT2D eigenvalue weighted by molar-refractivity contribution is 0.102. The molecule has 0 bridgehead atoms. The van der Waals surface area contributed by atoms with E-state index in [0.717, 1.165) is 21.3 Å². The Bertz CT molecular complexity index is 1010. The molecule has 0 atom stereocenters. The van der Waals surface area contributed by atoms with Crippen LogP contribution in [0, 0.1) is 13.8 Å². The number of aryl methyl sites for hydroxylation is 2. The lowest BCUT2D eigenvalue weighted by Gasteiger charge is -2.04. The van der Waals surface area contributed by atoms with Gasteiger partial charge in [-0.25, -0.2) is 13.4 Å². The molecule has 130 valence electrons. The van der Waals surface area contributed by atoms with Gasteiger partial charge in [0.1, 0.15) is 0 Å². The van der Waals surface area contributed by atoms with Gasteiger partial charge < -0.3 is 0 Å². The summed E-state index contributed by atoms with van der Waals surface area (Å²) in [6, 6.07) is 9.99. The number of hydrogen-bond donors (Lipinski definition) is 1. The van der Waals surface area contributed by atoms with Gasteiger partial charge in [0.05, 0.1) is 20.9 Å². The number of fused-ring (bicyclic) bond motifs is 1. The Labute approximate surface area is 150 Å². The molecular weight excluding hydrogens is 356 g/mol. The fourth-order valence-corrected chi connectivity index (χ4v) is 4.35. The minimum Gasteiger partial charge on any atom is -0.298 e. The average Bonchev–Trinajstić information content (AvgIpc) is 3.03. The van der Waals surface area contributed by atoms with E-state index in [4.69, 9.17) is 0 Å². The van der Waals surface area contributed by atoms with E-state index < -0.39 is 9.84 Å². The summed E-state index contributed by atoms with van der Waals surface area (Å²) in [6.45, 7) is 5.59. The van der Waals surface area contributed by atoms with Crippen LogP contribution in [0.15, 0.2) is 41.3 Å². The molecule has 3 aromatic rings. The third-order valence-electron chi connectivity index (χ3n) is 4.02. The number of hydrogen-bond acceptors (Lipinski definition) is 5. The normalized spacial score (nSPS) is 11.6. The molecule has 1 aromatic heterocycles. The molecule has 0 saturated carbocycles. The molecule has 7 heteroatoms. The van der Waals surface area contributed by atoms with Crippen LogP contribution in [0.5, 0.6) is 0 Å². The first-order valence-corrected chi connectivity index (χ1v) is 10.3. The molecule has 0 spiro atoms. The molecule has 25 heavy (non-hydrogen) atoms. The van der Waals surface area contributed by atoms with Crippen LogP contribution in [0.2, 0.25) is 0 Å². The molecule has 1 N–H and O–H groups in total. The van der Waals surface area contributed by atoms with Gasteiger partial charge in [-0.3, -0.25) is 10.1 Å². The Balaban J connectivity index is 1.85. The molecule has 0 aliphatic heterocycles. The van der Waals surface area contributed by atoms with Crippen LogP contribution in [0.25, 0.3) is 10.2 Å². The molecule has 3 rings (SSSR count). The Hall–Kier alpha value is -2.25. The summed E-state index contributed by atoms with van der Waals surface area (Å²) in [7, 11) is -3.27. The van der Waals surface area contributed by atoms with Gasteiger partial charge in [0.15, 0.2) is 15.0 Å². The number of anilines is 1. The number of amides is 1. The molecular formula is C18H18N2O3S2. The first-order valence-electron chi connectivity index (χ1n) is 7.82. The number of rotatable bonds is 4. The second-order valence-electron chi connectivity index (χ2n) is 5.78. The number of carbonyl (C=O) groups is 1. The van der Waals surface area contributed by atoms with Crippen molar-refractivity contribution in [3.05, 3.63) is 53.1 Å². The third kappa shape index (κ3) is 3.43. The maximum Gasteiger partial charge on any atom is 0.257 e. The minimum absolute atomic E-state index is 0.0307. The van der Waals surface area contributed by atoms with Gasteiger partial charge in [0.25, 0.3) is 5.91 Å². The predicted octanol–water partition coefficient (Wildman–Crippen LogP) is 3.96. The first kappa shape index (κ1) is 17.6. The second-order valence-corrected chi connectivity index (χ2v) is 9.06. The van der Waals surface area contributed by atoms with E-state index >= 15 is 0 Å². The maximum atomic E-state index is 12.4. The van der Waals surface area contributed by atoms with E-state index in [9.17, 15) is 13.2 Å². The van der Waals surface area contributed by atoms with Crippen LogP contribution in [-0.2, 0) is 9.84 Å². The predicted molar refractivity (Wildman–Crippen MR) is 101 cm³/mol. The van der Waals surface area contributed by atoms with Crippen LogP contribution in [0.4, 0.5) is 5.13 Å². The highest BCUT2D eigenvalue weighted by Gasteiger charge is 2.15. The number of nitrogens with zero attached hydrogens (tertiary/aromatic N) is 1. The van der Waals surface area contributed by atoms with Gasteiger partial charge in [-0.05, 0) is 49.2 Å². The summed E-state index contributed by atoms with van der Waals surface area (Å²) in [4.78, 5) is 17.1. The van der Waals surface area contributed by atoms with E-state index in [1.807, 2.05) is 26.0 Å². The Morgan fingerprint density at radius 1 is 1.08 bits per heavy atom. The maximum absolute atomic E-state index is 12.4. The van der Waals surface area contributed by atoms with Crippen molar-refractivity contribution in [2.45, 2.75) is 25.7 Å². The van der Waals surface area contributed by atoms with E-state index in [1.54, 1.807) is 6.92 Å². The highest BCUT2D eigenvalue weighted by molar-refractivity contribution is 7.91. The minimum atomic E-state index is -3.27. The van der Waals surface area contributed by atoms with Crippen molar-refractivity contribution >= 4 is 42.4 Å². The van der Waals surface area contributed by atoms with Crippen molar-refractivity contribution in [3.63, 3.8) is 0 Å². The van der Waals surface area contributed by atoms with Crippen LogP contribution in [0.1, 0.15) is 28.4 Å². The van der Waals surface area contributed by atoms with Gasteiger partial charge in [0, 0.05) is 5.56 Å². The zero-order valence-corrected chi connectivity index (χ0v) is 15.8. The number of carbonyl (C=O) groups excluding carboxylic acids is 1. The fourth-order valence-electron chi connectivity index (χ4n) is 2.46. The van der Waals surface area contributed by atoms with E-state index in [0.29, 0.717) is 10.7 Å². The van der Waals surface area contributed by atoms with Crippen LogP contribution < -0.4 is 5.32 Å². The number of sulfone groups is 1. The Kier molecular flexibility index (Phi) is 4.62. The molecule has 0 aliphatic rings. The Morgan fingerprint density at radius 3 is 2.32 bits per heavy atom. The smallest absolute Gasteiger partial charge is 0.257 e. The quantitative estimate of drug-likeness (QED) is 0.750. The summed E-state index contributed by atoms with van der Waals surface area (Å²) < 4.78 is 24.7. The monoisotopic (exact) mass is 374 g/mol. The van der Waals surface area contributed by atoms with Crippen molar-refractivity contribution in [1.82, 2.24) is 4.98 Å². The SMILES string of the molecule is CCS(=O)(=O)c1ccc(C(=O)Nc2nc3c(C)ccc(C)c3s2)cc1. The third-order valence-corrected chi connectivity index (χ3v) is 6.87. The molecule has 5 nitrogen and oxygen atoms in total. The summed E-state index contributed by atoms with van der Waals surface area (Å²) in [5.41, 5.74) is 3.46. The van der Waals surface area contributed by atoms with Gasteiger partial charge in [-0.1, -0.05) is 30.4 Å². The van der Waals surface area contributed by atoms with Crippen LogP contribution >= 0.6 is 11.3 Å². The molecule has 0 saturated heterocycles. The molecule has 1 heterocycles. The zero-order chi connectivity index (χ0) is 18.2. The first-order chi connectivity index (χ1) is 11.8. The highest BCUT2D eigenvalue weighted by Crippen LogP contribution is 2.31. The standard InChI is InChI=1S/C18H18N2O3S2/c1-4-25(22,23)14-9-7-13(8-10-14)17(21)20-18-19-15-11(2)5-6-12(3)16(15)24-18/h5-10H,4H2,1-3H3,(H,19,20,21).